The molecular weight excluding hydrogens is 336 g/mol. The number of hydrogen-bond acceptors (Lipinski definition) is 5. The summed E-state index contributed by atoms with van der Waals surface area (Å²) in [5.74, 6) is 2.41. The first-order valence-electron chi connectivity index (χ1n) is 6.24. The highest BCUT2D eigenvalue weighted by Gasteiger charge is 2.19. The Kier molecular flexibility index (Phi) is 4.65. The van der Waals surface area contributed by atoms with Crippen molar-refractivity contribution >= 4 is 33.6 Å². The highest BCUT2D eigenvalue weighted by atomic mass is 79.9. The van der Waals surface area contributed by atoms with Gasteiger partial charge in [-0.1, -0.05) is 42.8 Å². The second-order valence-electron chi connectivity index (χ2n) is 5.43. The van der Waals surface area contributed by atoms with Crippen molar-refractivity contribution < 1.29 is 0 Å². The number of thioether (sulfide) groups is 1. The summed E-state index contributed by atoms with van der Waals surface area (Å²) in [5.41, 5.74) is 5.64. The average Bonchev–Trinajstić information content (AvgIpc) is 2.35. The Bertz CT molecular complexity index is 610. The zero-order valence-corrected chi connectivity index (χ0v) is 14.1. The molecule has 0 atom stereocenters. The van der Waals surface area contributed by atoms with Gasteiger partial charge in [0.2, 0.25) is 5.95 Å². The van der Waals surface area contributed by atoms with Crippen LogP contribution in [0.1, 0.15) is 32.4 Å². The monoisotopic (exact) mass is 352 g/mol. The molecule has 0 saturated carbocycles. The fourth-order valence-corrected chi connectivity index (χ4v) is 2.90. The highest BCUT2D eigenvalue weighted by molar-refractivity contribution is 9.10. The van der Waals surface area contributed by atoms with Gasteiger partial charge in [-0.15, -0.1) is 11.8 Å². The quantitative estimate of drug-likeness (QED) is 0.850. The third-order valence-electron chi connectivity index (χ3n) is 2.53. The van der Waals surface area contributed by atoms with Crippen LogP contribution >= 0.6 is 27.7 Å². The number of benzene rings is 1. The molecule has 106 valence electrons. The van der Waals surface area contributed by atoms with Gasteiger partial charge in [-0.2, -0.15) is 9.97 Å². The van der Waals surface area contributed by atoms with E-state index in [-0.39, 0.29) is 11.4 Å². The predicted octanol–water partition coefficient (Wildman–Crippen LogP) is 3.81. The third-order valence-corrected chi connectivity index (χ3v) is 4.02. The maximum atomic E-state index is 5.77. The maximum absolute atomic E-state index is 5.77. The molecule has 1 heterocycles. The second-order valence-corrected chi connectivity index (χ2v) is 7.39. The van der Waals surface area contributed by atoms with Crippen LogP contribution in [0.15, 0.2) is 33.6 Å². The van der Waals surface area contributed by atoms with Crippen LogP contribution in [0.2, 0.25) is 0 Å². The molecule has 4 nitrogen and oxygen atoms in total. The summed E-state index contributed by atoms with van der Waals surface area (Å²) in [7, 11) is 0. The Morgan fingerprint density at radius 2 is 1.95 bits per heavy atom. The number of anilines is 1. The van der Waals surface area contributed by atoms with Gasteiger partial charge >= 0.3 is 0 Å². The van der Waals surface area contributed by atoms with Gasteiger partial charge < -0.3 is 5.73 Å². The molecule has 0 spiro atoms. The third kappa shape index (κ3) is 4.18. The van der Waals surface area contributed by atoms with Gasteiger partial charge in [0.1, 0.15) is 11.6 Å². The van der Waals surface area contributed by atoms with Crippen molar-refractivity contribution in [3.63, 3.8) is 0 Å². The number of halogens is 1. The number of rotatable bonds is 3. The number of nitrogens with two attached hydrogens (primary N) is 1. The fourth-order valence-electron chi connectivity index (χ4n) is 1.54. The van der Waals surface area contributed by atoms with E-state index in [1.165, 1.54) is 0 Å². The number of nitrogens with zero attached hydrogens (tertiary/aromatic N) is 3. The minimum absolute atomic E-state index is 0.133. The molecule has 0 aliphatic rings. The number of aromatic nitrogens is 3. The summed E-state index contributed by atoms with van der Waals surface area (Å²) >= 11 is 5.14. The first-order chi connectivity index (χ1) is 9.34. The minimum atomic E-state index is -0.133. The van der Waals surface area contributed by atoms with Crippen LogP contribution in [0.4, 0.5) is 5.95 Å². The largest absolute Gasteiger partial charge is 0.368 e. The Morgan fingerprint density at radius 3 is 2.60 bits per heavy atom. The van der Waals surface area contributed by atoms with Gasteiger partial charge in [0, 0.05) is 14.8 Å². The van der Waals surface area contributed by atoms with E-state index in [2.05, 4.69) is 63.8 Å². The molecule has 0 unspecified atom stereocenters. The van der Waals surface area contributed by atoms with Gasteiger partial charge in [-0.25, -0.2) is 4.98 Å². The van der Waals surface area contributed by atoms with Crippen molar-refractivity contribution in [2.75, 3.05) is 5.73 Å². The van der Waals surface area contributed by atoms with Crippen LogP contribution < -0.4 is 5.73 Å². The fraction of sp³-hybridized carbons (Fsp3) is 0.357. The van der Waals surface area contributed by atoms with Crippen LogP contribution in [0.5, 0.6) is 0 Å². The van der Waals surface area contributed by atoms with Gasteiger partial charge in [-0.3, -0.25) is 0 Å². The first kappa shape index (κ1) is 15.3. The summed E-state index contributed by atoms with van der Waals surface area (Å²) in [4.78, 5) is 14.1. The topological polar surface area (TPSA) is 64.7 Å². The zero-order valence-electron chi connectivity index (χ0n) is 11.7. The van der Waals surface area contributed by atoms with E-state index < -0.39 is 0 Å². The van der Waals surface area contributed by atoms with E-state index >= 15 is 0 Å². The molecule has 20 heavy (non-hydrogen) atoms. The second kappa shape index (κ2) is 6.10. The molecule has 6 heteroatoms. The van der Waals surface area contributed by atoms with Crippen molar-refractivity contribution in [1.29, 1.82) is 0 Å². The summed E-state index contributed by atoms with van der Waals surface area (Å²) in [5, 5.41) is 0. The molecule has 0 fully saturated rings. The molecule has 1 aromatic heterocycles. The van der Waals surface area contributed by atoms with Gasteiger partial charge in [0.25, 0.3) is 0 Å². The molecule has 0 saturated heterocycles. The molecule has 2 rings (SSSR count). The molecule has 1 aromatic carbocycles. The Morgan fingerprint density at radius 1 is 1.20 bits per heavy atom. The zero-order chi connectivity index (χ0) is 14.8. The lowest BCUT2D eigenvalue weighted by Gasteiger charge is -2.17. The van der Waals surface area contributed by atoms with E-state index in [0.29, 0.717) is 11.6 Å². The summed E-state index contributed by atoms with van der Waals surface area (Å²) in [6, 6.07) is 8.14. The molecule has 0 amide bonds. The van der Waals surface area contributed by atoms with Gasteiger partial charge in [-0.05, 0) is 18.2 Å². The molecule has 2 aromatic rings. The van der Waals surface area contributed by atoms with Crippen molar-refractivity contribution in [3.8, 4) is 0 Å². The first-order valence-corrected chi connectivity index (χ1v) is 8.02. The lowest BCUT2D eigenvalue weighted by Crippen LogP contribution is -2.19. The molecule has 2 N–H and O–H groups in total. The van der Waals surface area contributed by atoms with Crippen molar-refractivity contribution in [2.45, 2.75) is 36.8 Å². The lowest BCUT2D eigenvalue weighted by atomic mass is 9.96. The molecule has 0 aliphatic heterocycles. The molecule has 0 aliphatic carbocycles. The van der Waals surface area contributed by atoms with E-state index in [1.54, 1.807) is 11.8 Å². The van der Waals surface area contributed by atoms with Gasteiger partial charge in [0.15, 0.2) is 0 Å². The highest BCUT2D eigenvalue weighted by Crippen LogP contribution is 2.25. The normalized spacial score (nSPS) is 11.6. The minimum Gasteiger partial charge on any atom is -0.368 e. The van der Waals surface area contributed by atoms with Crippen molar-refractivity contribution in [2.24, 2.45) is 0 Å². The SMILES string of the molecule is CC(C)(C)c1nc(N)nc(CSc2cccc(Br)c2)n1. The van der Waals surface area contributed by atoms with Crippen LogP contribution in [-0.2, 0) is 11.2 Å². The smallest absolute Gasteiger partial charge is 0.223 e. The van der Waals surface area contributed by atoms with E-state index in [1.807, 2.05) is 12.1 Å². The van der Waals surface area contributed by atoms with Crippen LogP contribution in [-0.4, -0.2) is 15.0 Å². The van der Waals surface area contributed by atoms with Crippen LogP contribution in [0.25, 0.3) is 0 Å². The van der Waals surface area contributed by atoms with Gasteiger partial charge in [0.05, 0.1) is 5.75 Å². The summed E-state index contributed by atoms with van der Waals surface area (Å²) in [6.07, 6.45) is 0. The van der Waals surface area contributed by atoms with Crippen LogP contribution in [0, 0.1) is 0 Å². The average molecular weight is 353 g/mol. The molecular formula is C14H17BrN4S. The van der Waals surface area contributed by atoms with E-state index in [0.717, 1.165) is 15.2 Å². The Labute approximate surface area is 131 Å². The Balaban J connectivity index is 2.16. The molecule has 0 radical (unpaired) electrons. The number of hydrogen-bond donors (Lipinski definition) is 1. The Hall–Kier alpha value is -1.14. The summed E-state index contributed by atoms with van der Waals surface area (Å²) < 4.78 is 1.06. The maximum Gasteiger partial charge on any atom is 0.223 e. The van der Waals surface area contributed by atoms with Crippen molar-refractivity contribution in [3.05, 3.63) is 40.4 Å². The van der Waals surface area contributed by atoms with Crippen molar-refractivity contribution in [1.82, 2.24) is 15.0 Å². The van der Waals surface area contributed by atoms with E-state index in [9.17, 15) is 0 Å². The molecule has 0 bridgehead atoms. The van der Waals surface area contributed by atoms with Crippen LogP contribution in [0.3, 0.4) is 0 Å². The predicted molar refractivity (Wildman–Crippen MR) is 86.6 cm³/mol. The summed E-state index contributed by atoms with van der Waals surface area (Å²) in [6.45, 7) is 6.19. The lowest BCUT2D eigenvalue weighted by molar-refractivity contribution is 0.539. The number of nitrogen functional groups attached to an aromatic ring is 1. The standard InChI is InChI=1S/C14H17BrN4S/c1-14(2,3)12-17-11(18-13(16)19-12)8-20-10-6-4-5-9(15)7-10/h4-7H,8H2,1-3H3,(H2,16,17,18,19). The van der Waals surface area contributed by atoms with E-state index in [4.69, 9.17) is 5.73 Å².